The summed E-state index contributed by atoms with van der Waals surface area (Å²) in [6.07, 6.45) is 1.32. The van der Waals surface area contributed by atoms with E-state index in [4.69, 9.17) is 9.47 Å². The van der Waals surface area contributed by atoms with Crippen molar-refractivity contribution in [3.8, 4) is 0 Å². The van der Waals surface area contributed by atoms with E-state index in [1.54, 1.807) is 20.8 Å². The van der Waals surface area contributed by atoms with E-state index in [0.717, 1.165) is 0 Å². The van der Waals surface area contributed by atoms with Crippen LogP contribution >= 0.6 is 0 Å². The Balaban J connectivity index is 4.32. The lowest BCUT2D eigenvalue weighted by Gasteiger charge is -2.32. The lowest BCUT2D eigenvalue weighted by Crippen LogP contribution is -2.41. The summed E-state index contributed by atoms with van der Waals surface area (Å²) in [6, 6.07) is 0. The SMILES string of the molecule is CNS(=O)(=O)CCC(C)(C)C(=O)NCCOC(C)(C)CCOC(C)C(C)(C)CC(C)=O. The summed E-state index contributed by atoms with van der Waals surface area (Å²) in [5.74, 6) is -0.155. The van der Waals surface area contributed by atoms with Crippen molar-refractivity contribution in [1.29, 1.82) is 0 Å². The number of carbonyl (C=O) groups excluding carboxylic acids is 2. The summed E-state index contributed by atoms with van der Waals surface area (Å²) >= 11 is 0. The second-order valence-electron chi connectivity index (χ2n) is 10.2. The fraction of sp³-hybridized carbons (Fsp3) is 0.909. The molecule has 0 aliphatic rings. The highest BCUT2D eigenvalue weighted by Crippen LogP contribution is 2.28. The first-order valence-corrected chi connectivity index (χ1v) is 12.5. The molecule has 0 aromatic heterocycles. The molecule has 0 aromatic rings. The van der Waals surface area contributed by atoms with Crippen LogP contribution in [0.25, 0.3) is 0 Å². The molecule has 0 rings (SSSR count). The van der Waals surface area contributed by atoms with Crippen LogP contribution in [0.2, 0.25) is 0 Å². The monoisotopic (exact) mass is 464 g/mol. The highest BCUT2D eigenvalue weighted by atomic mass is 32.2. The van der Waals surface area contributed by atoms with Crippen LogP contribution in [0, 0.1) is 10.8 Å². The van der Waals surface area contributed by atoms with Gasteiger partial charge >= 0.3 is 0 Å². The van der Waals surface area contributed by atoms with Crippen molar-refractivity contribution < 1.29 is 27.5 Å². The van der Waals surface area contributed by atoms with Crippen molar-refractivity contribution in [2.75, 3.05) is 32.6 Å². The average Bonchev–Trinajstić information content (AvgIpc) is 2.62. The van der Waals surface area contributed by atoms with Crippen molar-refractivity contribution >= 4 is 21.7 Å². The molecule has 0 heterocycles. The maximum Gasteiger partial charge on any atom is 0.225 e. The number of ether oxygens (including phenoxy) is 2. The van der Waals surface area contributed by atoms with Crippen molar-refractivity contribution in [3.05, 3.63) is 0 Å². The molecule has 0 saturated heterocycles. The van der Waals surface area contributed by atoms with E-state index in [0.29, 0.717) is 32.6 Å². The van der Waals surface area contributed by atoms with E-state index in [1.165, 1.54) is 7.05 Å². The molecule has 0 fully saturated rings. The zero-order valence-corrected chi connectivity index (χ0v) is 21.7. The van der Waals surface area contributed by atoms with Gasteiger partial charge in [-0.05, 0) is 53.0 Å². The second kappa shape index (κ2) is 12.3. The largest absolute Gasteiger partial charge is 0.378 e. The summed E-state index contributed by atoms with van der Waals surface area (Å²) in [5, 5.41) is 2.82. The number of carbonyl (C=O) groups is 2. The fourth-order valence-electron chi connectivity index (χ4n) is 2.90. The van der Waals surface area contributed by atoms with Crippen molar-refractivity contribution in [2.24, 2.45) is 10.8 Å². The first kappa shape index (κ1) is 30.0. The van der Waals surface area contributed by atoms with Crippen LogP contribution in [-0.4, -0.2) is 64.4 Å². The molecule has 0 bridgehead atoms. The molecule has 0 aliphatic carbocycles. The molecular weight excluding hydrogens is 420 g/mol. The van der Waals surface area contributed by atoms with E-state index in [-0.39, 0.29) is 35.4 Å². The molecule has 0 aliphatic heterocycles. The molecule has 1 atom stereocenters. The predicted octanol–water partition coefficient (Wildman–Crippen LogP) is 2.66. The van der Waals surface area contributed by atoms with E-state index >= 15 is 0 Å². The number of Topliss-reactive ketones (excluding diaryl/α,β-unsaturated/α-hetero) is 1. The molecule has 1 amide bonds. The Morgan fingerprint density at radius 1 is 1.00 bits per heavy atom. The van der Waals surface area contributed by atoms with Gasteiger partial charge in [0.2, 0.25) is 15.9 Å². The molecule has 1 unspecified atom stereocenters. The van der Waals surface area contributed by atoms with Gasteiger partial charge in [0.15, 0.2) is 0 Å². The molecule has 2 N–H and O–H groups in total. The summed E-state index contributed by atoms with van der Waals surface area (Å²) in [5.41, 5.74) is -1.44. The van der Waals surface area contributed by atoms with Gasteiger partial charge in [0.05, 0.1) is 24.1 Å². The Morgan fingerprint density at radius 2 is 1.58 bits per heavy atom. The third-order valence-corrected chi connectivity index (χ3v) is 7.04. The van der Waals surface area contributed by atoms with Gasteiger partial charge in [-0.3, -0.25) is 4.79 Å². The average molecular weight is 465 g/mol. The molecule has 8 nitrogen and oxygen atoms in total. The zero-order chi connectivity index (χ0) is 24.5. The van der Waals surface area contributed by atoms with Gasteiger partial charge < -0.3 is 19.6 Å². The number of ketones is 1. The van der Waals surface area contributed by atoms with Gasteiger partial charge in [-0.1, -0.05) is 27.7 Å². The minimum atomic E-state index is -3.34. The zero-order valence-electron chi connectivity index (χ0n) is 20.9. The summed E-state index contributed by atoms with van der Waals surface area (Å²) < 4.78 is 37.3. The Labute approximate surface area is 189 Å². The van der Waals surface area contributed by atoms with Crippen LogP contribution < -0.4 is 10.0 Å². The Hall–Kier alpha value is -1.03. The molecule has 31 heavy (non-hydrogen) atoms. The minimum Gasteiger partial charge on any atom is -0.378 e. The van der Waals surface area contributed by atoms with Crippen molar-refractivity contribution in [3.63, 3.8) is 0 Å². The van der Waals surface area contributed by atoms with Gasteiger partial charge in [-0.25, -0.2) is 13.1 Å². The van der Waals surface area contributed by atoms with Crippen LogP contribution in [0.5, 0.6) is 0 Å². The van der Waals surface area contributed by atoms with Crippen LogP contribution in [0.4, 0.5) is 0 Å². The minimum absolute atomic E-state index is 0.0551. The first-order valence-electron chi connectivity index (χ1n) is 10.9. The number of sulfonamides is 1. The van der Waals surface area contributed by atoms with Crippen LogP contribution in [0.15, 0.2) is 0 Å². The highest BCUT2D eigenvalue weighted by Gasteiger charge is 2.30. The number of nitrogens with one attached hydrogen (secondary N) is 2. The summed E-state index contributed by atoms with van der Waals surface area (Å²) in [7, 11) is -1.98. The quantitative estimate of drug-likeness (QED) is 0.340. The smallest absolute Gasteiger partial charge is 0.225 e. The van der Waals surface area contributed by atoms with Gasteiger partial charge in [0.1, 0.15) is 5.78 Å². The summed E-state index contributed by atoms with van der Waals surface area (Å²) in [4.78, 5) is 23.8. The maximum atomic E-state index is 12.4. The van der Waals surface area contributed by atoms with Gasteiger partial charge in [0.25, 0.3) is 0 Å². The highest BCUT2D eigenvalue weighted by molar-refractivity contribution is 7.89. The predicted molar refractivity (Wildman–Crippen MR) is 123 cm³/mol. The standard InChI is InChI=1S/C22H44N2O6S/c1-17(25)16-21(5,6)18(2)29-13-10-22(7,8)30-14-12-24-19(26)20(3,4)11-15-31(27,28)23-9/h18,23H,10-16H2,1-9H3,(H,24,26). The third-order valence-electron chi connectivity index (χ3n) is 5.68. The van der Waals surface area contributed by atoms with E-state index < -0.39 is 21.0 Å². The topological polar surface area (TPSA) is 111 Å². The number of hydrogen-bond acceptors (Lipinski definition) is 6. The molecule has 9 heteroatoms. The molecule has 0 saturated carbocycles. The number of rotatable bonds is 16. The van der Waals surface area contributed by atoms with Crippen molar-refractivity contribution in [1.82, 2.24) is 10.0 Å². The number of hydrogen-bond donors (Lipinski definition) is 2. The van der Waals surface area contributed by atoms with E-state index in [9.17, 15) is 18.0 Å². The fourth-order valence-corrected chi connectivity index (χ4v) is 3.88. The Kier molecular flexibility index (Phi) is 11.9. The normalized spacial score (nSPS) is 14.4. The maximum absolute atomic E-state index is 12.4. The lowest BCUT2D eigenvalue weighted by atomic mass is 9.82. The van der Waals surface area contributed by atoms with Gasteiger partial charge in [-0.15, -0.1) is 0 Å². The van der Waals surface area contributed by atoms with Crippen LogP contribution in [0.3, 0.4) is 0 Å². The number of amides is 1. The van der Waals surface area contributed by atoms with E-state index in [1.807, 2.05) is 34.6 Å². The van der Waals surface area contributed by atoms with Crippen molar-refractivity contribution in [2.45, 2.75) is 86.4 Å². The molecule has 0 spiro atoms. The third kappa shape index (κ3) is 12.6. The van der Waals surface area contributed by atoms with E-state index in [2.05, 4.69) is 10.0 Å². The summed E-state index contributed by atoms with van der Waals surface area (Å²) in [6.45, 7) is 16.2. The molecule has 0 aromatic carbocycles. The molecule has 0 radical (unpaired) electrons. The van der Waals surface area contributed by atoms with Crippen LogP contribution in [-0.2, 0) is 29.1 Å². The van der Waals surface area contributed by atoms with Gasteiger partial charge in [-0.2, -0.15) is 0 Å². The Morgan fingerprint density at radius 3 is 2.10 bits per heavy atom. The molecular formula is C22H44N2O6S. The lowest BCUT2D eigenvalue weighted by molar-refractivity contribution is -0.130. The van der Waals surface area contributed by atoms with Crippen LogP contribution in [0.1, 0.15) is 74.7 Å². The second-order valence-corrected chi connectivity index (χ2v) is 12.2. The first-order chi connectivity index (χ1) is 13.9. The molecule has 184 valence electrons. The Bertz CT molecular complexity index is 686. The van der Waals surface area contributed by atoms with Gasteiger partial charge in [0, 0.05) is 25.0 Å².